The summed E-state index contributed by atoms with van der Waals surface area (Å²) < 4.78 is 10.3. The maximum Gasteiger partial charge on any atom is 0.309 e. The van der Waals surface area contributed by atoms with Gasteiger partial charge in [-0.05, 0) is 63.3 Å². The van der Waals surface area contributed by atoms with E-state index in [1.54, 1.807) is 38.3 Å². The van der Waals surface area contributed by atoms with Crippen LogP contribution in [0.25, 0.3) is 0 Å². The fraction of sp³-hybridized carbons (Fsp3) is 0.500. The molecule has 0 saturated carbocycles. The first-order valence-electron chi connectivity index (χ1n) is 11.4. The zero-order valence-corrected chi connectivity index (χ0v) is 19.8. The number of esters is 1. The third-order valence-electron chi connectivity index (χ3n) is 6.25. The highest BCUT2D eigenvalue weighted by Gasteiger charge is 2.36. The molecule has 1 aliphatic carbocycles. The van der Waals surface area contributed by atoms with E-state index in [1.165, 1.54) is 11.3 Å². The number of hydrogen-bond acceptors (Lipinski definition) is 7. The molecule has 4 rings (SSSR count). The highest BCUT2D eigenvalue weighted by atomic mass is 32.1. The largest absolute Gasteiger partial charge is 0.497 e. The van der Waals surface area contributed by atoms with Crippen LogP contribution in [0.1, 0.15) is 59.5 Å². The van der Waals surface area contributed by atoms with Gasteiger partial charge < -0.3 is 14.4 Å². The molecule has 0 spiro atoms. The number of carbonyl (C=O) groups is 3. The quantitative estimate of drug-likeness (QED) is 0.646. The Morgan fingerprint density at radius 1 is 1.15 bits per heavy atom. The van der Waals surface area contributed by atoms with Crippen LogP contribution in [0.2, 0.25) is 0 Å². The van der Waals surface area contributed by atoms with E-state index in [0.29, 0.717) is 49.0 Å². The molecule has 8 nitrogen and oxygen atoms in total. The summed E-state index contributed by atoms with van der Waals surface area (Å²) in [5.41, 5.74) is 1.30. The number of aryl methyl sites for hydroxylation is 1. The smallest absolute Gasteiger partial charge is 0.309 e. The standard InChI is InChI=1S/C24H29N3O5S/c1-3-32-23(30)16-11-13-27(14-12-16)22(29)18-5-4-6-19-20(18)25-24(33-19)26-21(28)15-7-9-17(31-2)10-8-15/h7-10,16,18H,3-6,11-14H2,1-2H3,(H,25,26,28). The number of methoxy groups -OCH3 is 1. The molecule has 1 N–H and O–H groups in total. The number of hydrogen-bond donors (Lipinski definition) is 1. The summed E-state index contributed by atoms with van der Waals surface area (Å²) in [6.45, 7) is 3.29. The summed E-state index contributed by atoms with van der Waals surface area (Å²) in [6.07, 6.45) is 3.78. The van der Waals surface area contributed by atoms with Gasteiger partial charge in [0.15, 0.2) is 5.13 Å². The summed E-state index contributed by atoms with van der Waals surface area (Å²) >= 11 is 1.44. The van der Waals surface area contributed by atoms with Crippen LogP contribution in [0.15, 0.2) is 24.3 Å². The van der Waals surface area contributed by atoms with Crippen LogP contribution in [0.3, 0.4) is 0 Å². The van der Waals surface area contributed by atoms with Crippen molar-refractivity contribution in [3.05, 3.63) is 40.4 Å². The summed E-state index contributed by atoms with van der Waals surface area (Å²) in [5, 5.41) is 3.39. The molecule has 2 aliphatic rings. The van der Waals surface area contributed by atoms with Crippen molar-refractivity contribution in [2.45, 2.75) is 44.9 Å². The Bertz CT molecular complexity index is 1010. The Kier molecular flexibility index (Phi) is 7.27. The van der Waals surface area contributed by atoms with E-state index in [0.717, 1.165) is 29.8 Å². The van der Waals surface area contributed by atoms with Gasteiger partial charge in [0.1, 0.15) is 5.75 Å². The molecule has 1 fully saturated rings. The van der Waals surface area contributed by atoms with E-state index in [1.807, 2.05) is 4.90 Å². The fourth-order valence-corrected chi connectivity index (χ4v) is 5.50. The third-order valence-corrected chi connectivity index (χ3v) is 7.30. The average Bonchev–Trinajstić information content (AvgIpc) is 3.26. The van der Waals surface area contributed by atoms with Crippen molar-refractivity contribution in [3.8, 4) is 5.75 Å². The van der Waals surface area contributed by atoms with Crippen molar-refractivity contribution in [1.29, 1.82) is 0 Å². The molecule has 2 amide bonds. The Hall–Kier alpha value is -2.94. The number of thiazole rings is 1. The molecule has 2 aromatic rings. The first-order valence-corrected chi connectivity index (χ1v) is 12.2. The molecule has 1 aliphatic heterocycles. The Morgan fingerprint density at radius 2 is 1.88 bits per heavy atom. The number of amides is 2. The van der Waals surface area contributed by atoms with Gasteiger partial charge in [0.25, 0.3) is 5.91 Å². The lowest BCUT2D eigenvalue weighted by molar-refractivity contribution is -0.151. The normalized spacial score (nSPS) is 18.4. The highest BCUT2D eigenvalue weighted by Crippen LogP contribution is 2.38. The maximum atomic E-state index is 13.3. The second-order valence-electron chi connectivity index (χ2n) is 8.31. The molecule has 176 valence electrons. The molecular formula is C24H29N3O5S. The average molecular weight is 472 g/mol. The summed E-state index contributed by atoms with van der Waals surface area (Å²) in [4.78, 5) is 45.5. The lowest BCUT2D eigenvalue weighted by atomic mass is 9.88. The molecule has 33 heavy (non-hydrogen) atoms. The van der Waals surface area contributed by atoms with Crippen molar-refractivity contribution in [2.24, 2.45) is 5.92 Å². The third kappa shape index (κ3) is 5.19. The number of anilines is 1. The summed E-state index contributed by atoms with van der Waals surface area (Å²) in [6, 6.07) is 6.88. The van der Waals surface area contributed by atoms with Gasteiger partial charge in [0.05, 0.1) is 31.2 Å². The van der Waals surface area contributed by atoms with E-state index in [9.17, 15) is 14.4 Å². The minimum atomic E-state index is -0.296. The number of likely N-dealkylation sites (tertiary alicyclic amines) is 1. The number of nitrogens with one attached hydrogen (secondary N) is 1. The molecule has 1 atom stereocenters. The Labute approximate surface area is 197 Å². The van der Waals surface area contributed by atoms with Gasteiger partial charge in [-0.3, -0.25) is 19.7 Å². The number of nitrogens with zero attached hydrogens (tertiary/aromatic N) is 2. The molecule has 1 aromatic carbocycles. The number of ether oxygens (including phenoxy) is 2. The van der Waals surface area contributed by atoms with Crippen LogP contribution in [0, 0.1) is 5.92 Å². The van der Waals surface area contributed by atoms with E-state index in [4.69, 9.17) is 9.47 Å². The van der Waals surface area contributed by atoms with Crippen LogP contribution in [0.4, 0.5) is 5.13 Å². The van der Waals surface area contributed by atoms with Gasteiger partial charge in [-0.25, -0.2) is 4.98 Å². The van der Waals surface area contributed by atoms with Crippen molar-refractivity contribution in [1.82, 2.24) is 9.88 Å². The SMILES string of the molecule is CCOC(=O)C1CCN(C(=O)C2CCCc3sc(NC(=O)c4ccc(OC)cc4)nc32)CC1. The van der Waals surface area contributed by atoms with Crippen molar-refractivity contribution < 1.29 is 23.9 Å². The van der Waals surface area contributed by atoms with Crippen molar-refractivity contribution in [2.75, 3.05) is 32.1 Å². The number of fused-ring (bicyclic) bond motifs is 1. The van der Waals surface area contributed by atoms with E-state index < -0.39 is 0 Å². The predicted molar refractivity (Wildman–Crippen MR) is 125 cm³/mol. The number of rotatable bonds is 6. The fourth-order valence-electron chi connectivity index (χ4n) is 4.44. The van der Waals surface area contributed by atoms with Crippen LogP contribution in [-0.4, -0.2) is 54.5 Å². The zero-order valence-electron chi connectivity index (χ0n) is 19.0. The zero-order chi connectivity index (χ0) is 23.4. The summed E-state index contributed by atoms with van der Waals surface area (Å²) in [5.74, 6) is -0.0832. The molecule has 2 heterocycles. The number of carbonyl (C=O) groups excluding carboxylic acids is 3. The molecular weight excluding hydrogens is 442 g/mol. The first kappa shape index (κ1) is 23.2. The maximum absolute atomic E-state index is 13.3. The molecule has 0 bridgehead atoms. The van der Waals surface area contributed by atoms with E-state index >= 15 is 0 Å². The minimum absolute atomic E-state index is 0.0663. The van der Waals surface area contributed by atoms with Crippen molar-refractivity contribution in [3.63, 3.8) is 0 Å². The lowest BCUT2D eigenvalue weighted by Gasteiger charge is -2.34. The molecule has 9 heteroatoms. The second kappa shape index (κ2) is 10.3. The number of benzene rings is 1. The lowest BCUT2D eigenvalue weighted by Crippen LogP contribution is -2.43. The number of aromatic nitrogens is 1. The van der Waals surface area contributed by atoms with Gasteiger partial charge >= 0.3 is 5.97 Å². The van der Waals surface area contributed by atoms with Crippen LogP contribution < -0.4 is 10.1 Å². The minimum Gasteiger partial charge on any atom is -0.497 e. The van der Waals surface area contributed by atoms with Crippen LogP contribution in [0.5, 0.6) is 5.75 Å². The van der Waals surface area contributed by atoms with Gasteiger partial charge in [0, 0.05) is 23.5 Å². The van der Waals surface area contributed by atoms with E-state index in [2.05, 4.69) is 10.3 Å². The van der Waals surface area contributed by atoms with Gasteiger partial charge in [-0.1, -0.05) is 0 Å². The Morgan fingerprint density at radius 3 is 2.55 bits per heavy atom. The van der Waals surface area contributed by atoms with Gasteiger partial charge in [-0.15, -0.1) is 11.3 Å². The topological polar surface area (TPSA) is 97.8 Å². The molecule has 0 radical (unpaired) electrons. The highest BCUT2D eigenvalue weighted by molar-refractivity contribution is 7.16. The molecule has 1 unspecified atom stereocenters. The van der Waals surface area contributed by atoms with Gasteiger partial charge in [0.2, 0.25) is 5.91 Å². The van der Waals surface area contributed by atoms with Crippen LogP contribution >= 0.6 is 11.3 Å². The molecule has 1 aromatic heterocycles. The first-order chi connectivity index (χ1) is 16.0. The monoisotopic (exact) mass is 471 g/mol. The number of piperidine rings is 1. The van der Waals surface area contributed by atoms with Crippen molar-refractivity contribution >= 4 is 34.3 Å². The van der Waals surface area contributed by atoms with Gasteiger partial charge in [-0.2, -0.15) is 0 Å². The van der Waals surface area contributed by atoms with Crippen LogP contribution in [-0.2, 0) is 20.7 Å². The Balaban J connectivity index is 1.41. The second-order valence-corrected chi connectivity index (χ2v) is 9.39. The summed E-state index contributed by atoms with van der Waals surface area (Å²) in [7, 11) is 1.58. The van der Waals surface area contributed by atoms with E-state index in [-0.39, 0.29) is 29.6 Å². The predicted octanol–water partition coefficient (Wildman–Crippen LogP) is 3.63. The molecule has 1 saturated heterocycles.